The largest absolute Gasteiger partial charge is 0.494 e. The van der Waals surface area contributed by atoms with Crippen molar-refractivity contribution in [1.29, 1.82) is 0 Å². The number of hydrogen-bond acceptors (Lipinski definition) is 5. The van der Waals surface area contributed by atoms with Gasteiger partial charge in [-0.15, -0.1) is 0 Å². The van der Waals surface area contributed by atoms with E-state index in [9.17, 15) is 9.18 Å². The molecule has 0 atom stereocenters. The van der Waals surface area contributed by atoms with Crippen LogP contribution in [0.3, 0.4) is 0 Å². The quantitative estimate of drug-likeness (QED) is 0.315. The Morgan fingerprint density at radius 2 is 1.60 bits per heavy atom. The summed E-state index contributed by atoms with van der Waals surface area (Å²) in [5.41, 5.74) is 4.61. The molecule has 42 heavy (non-hydrogen) atoms. The summed E-state index contributed by atoms with van der Waals surface area (Å²) >= 11 is 0. The number of likely N-dealkylation sites (N-methyl/N-ethyl adjacent to an activating group) is 1. The summed E-state index contributed by atoms with van der Waals surface area (Å²) in [6.07, 6.45) is 5.73. The topological polar surface area (TPSA) is 44.2 Å². The smallest absolute Gasteiger partial charge is 0.246 e. The van der Waals surface area contributed by atoms with Gasteiger partial charge in [0.15, 0.2) is 0 Å². The molecule has 5 rings (SSSR count). The lowest BCUT2D eigenvalue weighted by atomic mass is 10.1. The number of rotatable bonds is 11. The Labute approximate surface area is 250 Å². The summed E-state index contributed by atoms with van der Waals surface area (Å²) < 4.78 is 21.4. The summed E-state index contributed by atoms with van der Waals surface area (Å²) in [4.78, 5) is 22.5. The SMILES string of the molecule is CCOc1ccc2c(c1)c(/C=C/C(=O)N1CCN(CCc3ccc(F)cc3)CC1)c(C)n2CCCN1CCN(C)CC1. The van der Waals surface area contributed by atoms with Crippen LogP contribution in [-0.2, 0) is 17.8 Å². The zero-order valence-corrected chi connectivity index (χ0v) is 25.5. The first kappa shape index (κ1) is 30.3. The van der Waals surface area contributed by atoms with Gasteiger partial charge in [0.2, 0.25) is 5.91 Å². The molecule has 8 heteroatoms. The molecule has 0 N–H and O–H groups in total. The van der Waals surface area contributed by atoms with Crippen molar-refractivity contribution >= 4 is 22.9 Å². The van der Waals surface area contributed by atoms with Crippen LogP contribution in [0.5, 0.6) is 5.75 Å². The van der Waals surface area contributed by atoms with Crippen molar-refractivity contribution in [3.63, 3.8) is 0 Å². The van der Waals surface area contributed by atoms with Crippen LogP contribution in [0.1, 0.15) is 30.2 Å². The van der Waals surface area contributed by atoms with Gasteiger partial charge in [0.05, 0.1) is 6.61 Å². The van der Waals surface area contributed by atoms with E-state index in [-0.39, 0.29) is 11.7 Å². The summed E-state index contributed by atoms with van der Waals surface area (Å²) in [7, 11) is 2.20. The maximum Gasteiger partial charge on any atom is 0.246 e. The predicted molar refractivity (Wildman–Crippen MR) is 169 cm³/mol. The summed E-state index contributed by atoms with van der Waals surface area (Å²) in [6.45, 7) is 15.4. The molecule has 2 aromatic carbocycles. The summed E-state index contributed by atoms with van der Waals surface area (Å²) in [5, 5.41) is 1.13. The van der Waals surface area contributed by atoms with Gasteiger partial charge in [-0.3, -0.25) is 9.69 Å². The molecule has 7 nitrogen and oxygen atoms in total. The predicted octanol–water partition coefficient (Wildman–Crippen LogP) is 4.53. The zero-order chi connectivity index (χ0) is 29.5. The molecule has 0 spiro atoms. The first-order chi connectivity index (χ1) is 20.4. The van der Waals surface area contributed by atoms with Crippen LogP contribution in [0.25, 0.3) is 17.0 Å². The van der Waals surface area contributed by atoms with Crippen molar-refractivity contribution in [3.05, 3.63) is 71.2 Å². The second-order valence-electron chi connectivity index (χ2n) is 11.6. The van der Waals surface area contributed by atoms with Crippen LogP contribution in [0.15, 0.2) is 48.5 Å². The van der Waals surface area contributed by atoms with Crippen molar-refractivity contribution in [2.45, 2.75) is 33.2 Å². The van der Waals surface area contributed by atoms with Crippen LogP contribution >= 0.6 is 0 Å². The van der Waals surface area contributed by atoms with Crippen molar-refractivity contribution in [2.24, 2.45) is 0 Å². The highest BCUT2D eigenvalue weighted by Gasteiger charge is 2.20. The number of nitrogens with zero attached hydrogens (tertiary/aromatic N) is 5. The first-order valence-electron chi connectivity index (χ1n) is 15.5. The molecule has 3 aromatic rings. The van der Waals surface area contributed by atoms with Crippen molar-refractivity contribution in [1.82, 2.24) is 24.2 Å². The Bertz CT molecular complexity index is 1350. The molecule has 3 heterocycles. The second kappa shape index (κ2) is 14.3. The number of amides is 1. The minimum atomic E-state index is -0.199. The van der Waals surface area contributed by atoms with Gasteiger partial charge >= 0.3 is 0 Å². The van der Waals surface area contributed by atoms with E-state index in [2.05, 4.69) is 51.4 Å². The third-order valence-electron chi connectivity index (χ3n) is 8.81. The molecule has 226 valence electrons. The molecule has 2 fully saturated rings. The summed E-state index contributed by atoms with van der Waals surface area (Å²) in [5.74, 6) is 0.719. The molecule has 2 aliphatic heterocycles. The molecule has 0 saturated carbocycles. The second-order valence-corrected chi connectivity index (χ2v) is 11.6. The van der Waals surface area contributed by atoms with Crippen LogP contribution < -0.4 is 4.74 Å². The Kier molecular flexibility index (Phi) is 10.3. The maximum absolute atomic E-state index is 13.2. The van der Waals surface area contributed by atoms with Gasteiger partial charge < -0.3 is 24.0 Å². The molecule has 0 radical (unpaired) electrons. The van der Waals surface area contributed by atoms with E-state index in [4.69, 9.17) is 4.74 Å². The molecule has 2 saturated heterocycles. The van der Waals surface area contributed by atoms with E-state index in [1.165, 1.54) is 23.3 Å². The lowest BCUT2D eigenvalue weighted by Crippen LogP contribution is -2.48. The minimum Gasteiger partial charge on any atom is -0.494 e. The molecule has 0 aliphatic carbocycles. The van der Waals surface area contributed by atoms with E-state index in [0.29, 0.717) is 19.7 Å². The van der Waals surface area contributed by atoms with Gasteiger partial charge in [0.1, 0.15) is 11.6 Å². The van der Waals surface area contributed by atoms with Gasteiger partial charge in [0.25, 0.3) is 0 Å². The highest BCUT2D eigenvalue weighted by atomic mass is 19.1. The normalized spacial score (nSPS) is 17.5. The first-order valence-corrected chi connectivity index (χ1v) is 15.5. The van der Waals surface area contributed by atoms with Crippen molar-refractivity contribution in [3.8, 4) is 5.75 Å². The highest BCUT2D eigenvalue weighted by Crippen LogP contribution is 2.31. The van der Waals surface area contributed by atoms with Crippen molar-refractivity contribution < 1.29 is 13.9 Å². The number of aromatic nitrogens is 1. The number of aryl methyl sites for hydroxylation is 1. The van der Waals surface area contributed by atoms with Crippen molar-refractivity contribution in [2.75, 3.05) is 79.1 Å². The number of carbonyl (C=O) groups is 1. The van der Waals surface area contributed by atoms with Gasteiger partial charge in [-0.2, -0.15) is 0 Å². The number of ether oxygens (including phenoxy) is 1. The Morgan fingerprint density at radius 3 is 2.31 bits per heavy atom. The van der Waals surface area contributed by atoms with E-state index in [0.717, 1.165) is 94.0 Å². The lowest BCUT2D eigenvalue weighted by Gasteiger charge is -2.34. The zero-order valence-electron chi connectivity index (χ0n) is 25.5. The number of piperazine rings is 2. The number of hydrogen-bond donors (Lipinski definition) is 0. The fourth-order valence-electron chi connectivity index (χ4n) is 6.16. The fraction of sp³-hybridized carbons (Fsp3) is 0.500. The van der Waals surface area contributed by atoms with Gasteiger partial charge in [-0.25, -0.2) is 4.39 Å². The Balaban J connectivity index is 1.22. The number of fused-ring (bicyclic) bond motifs is 1. The average Bonchev–Trinajstić information content (AvgIpc) is 3.26. The van der Waals surface area contributed by atoms with Gasteiger partial charge in [0, 0.05) is 93.7 Å². The third kappa shape index (κ3) is 7.60. The molecular weight excluding hydrogens is 529 g/mol. The van der Waals surface area contributed by atoms with Crippen LogP contribution in [-0.4, -0.2) is 109 Å². The maximum atomic E-state index is 13.2. The summed E-state index contributed by atoms with van der Waals surface area (Å²) in [6, 6.07) is 13.1. The standard InChI is InChI=1S/C34H46FN5O2/c1-4-42-30-10-12-33-32(26-30)31(27(2)40(33)16-5-15-37-20-18-36(3)19-21-37)11-13-34(41)39-24-22-38(23-25-39)17-14-28-6-8-29(35)9-7-28/h6-13,26H,4-5,14-25H2,1-3H3/b13-11+. The fourth-order valence-corrected chi connectivity index (χ4v) is 6.16. The number of carbonyl (C=O) groups excluding carboxylic acids is 1. The average molecular weight is 576 g/mol. The van der Waals surface area contributed by atoms with E-state index >= 15 is 0 Å². The Morgan fingerprint density at radius 1 is 0.905 bits per heavy atom. The lowest BCUT2D eigenvalue weighted by molar-refractivity contribution is -0.127. The Hall–Kier alpha value is -3.20. The molecule has 1 aromatic heterocycles. The molecule has 2 aliphatic rings. The van der Waals surface area contributed by atoms with E-state index < -0.39 is 0 Å². The van der Waals surface area contributed by atoms with E-state index in [1.807, 2.05) is 30.0 Å². The van der Waals surface area contributed by atoms with Gasteiger partial charge in [-0.05, 0) is 82.3 Å². The molecule has 0 unspecified atom stereocenters. The number of halogens is 1. The number of benzene rings is 2. The van der Waals surface area contributed by atoms with Crippen LogP contribution in [0, 0.1) is 12.7 Å². The minimum absolute atomic E-state index is 0.0597. The van der Waals surface area contributed by atoms with E-state index in [1.54, 1.807) is 6.08 Å². The molecule has 1 amide bonds. The highest BCUT2D eigenvalue weighted by molar-refractivity contribution is 5.98. The third-order valence-corrected chi connectivity index (χ3v) is 8.81. The van der Waals surface area contributed by atoms with Crippen LogP contribution in [0.2, 0.25) is 0 Å². The monoisotopic (exact) mass is 575 g/mol. The van der Waals surface area contributed by atoms with Crippen LogP contribution in [0.4, 0.5) is 4.39 Å². The molecular formula is C34H46FN5O2. The van der Waals surface area contributed by atoms with Gasteiger partial charge in [-0.1, -0.05) is 12.1 Å². The molecule has 0 bridgehead atoms.